The number of H-pyrrole nitrogens is 1. The van der Waals surface area contributed by atoms with Crippen LogP contribution in [0.3, 0.4) is 0 Å². The molecule has 3 nitrogen and oxygen atoms in total. The van der Waals surface area contributed by atoms with E-state index in [4.69, 9.17) is 5.73 Å². The molecule has 0 aliphatic heterocycles. The third-order valence-corrected chi connectivity index (χ3v) is 1.79. The molecule has 1 aromatic heterocycles. The molecule has 10 heavy (non-hydrogen) atoms. The number of hydrogen-bond acceptors (Lipinski definition) is 2. The topological polar surface area (TPSA) is 58.9 Å². The fourth-order valence-corrected chi connectivity index (χ4v) is 1.18. The van der Waals surface area contributed by atoms with Gasteiger partial charge in [0.1, 0.15) is 0 Å². The highest BCUT2D eigenvalue weighted by molar-refractivity contribution is 14.1. The van der Waals surface area contributed by atoms with E-state index in [1.165, 1.54) is 0 Å². The highest BCUT2D eigenvalue weighted by Crippen LogP contribution is 2.00. The summed E-state index contributed by atoms with van der Waals surface area (Å²) < 4.78 is 0.998. The maximum Gasteiger partial charge on any atom is 0.252 e. The molecule has 0 fully saturated rings. The molecule has 0 unspecified atom stereocenters. The summed E-state index contributed by atoms with van der Waals surface area (Å²) in [6.07, 6.45) is 1.65. The monoisotopic (exact) mass is 250 g/mol. The number of aromatic nitrogens is 1. The van der Waals surface area contributed by atoms with Crippen LogP contribution in [0.25, 0.3) is 0 Å². The van der Waals surface area contributed by atoms with Gasteiger partial charge in [0.05, 0.1) is 0 Å². The van der Waals surface area contributed by atoms with Crippen LogP contribution in [0.4, 0.5) is 0 Å². The van der Waals surface area contributed by atoms with Crippen LogP contribution in [0.2, 0.25) is 0 Å². The maximum atomic E-state index is 10.9. The molecule has 0 aliphatic rings. The minimum Gasteiger partial charge on any atom is -0.328 e. The lowest BCUT2D eigenvalue weighted by molar-refractivity contribution is 1.01. The lowest BCUT2D eigenvalue weighted by Gasteiger charge is -1.93. The maximum absolute atomic E-state index is 10.9. The Morgan fingerprint density at radius 2 is 2.40 bits per heavy atom. The van der Waals surface area contributed by atoms with E-state index in [-0.39, 0.29) is 5.56 Å². The van der Waals surface area contributed by atoms with Crippen molar-refractivity contribution in [1.29, 1.82) is 0 Å². The zero-order valence-electron chi connectivity index (χ0n) is 5.23. The van der Waals surface area contributed by atoms with E-state index in [2.05, 4.69) is 27.6 Å². The first kappa shape index (κ1) is 7.74. The van der Waals surface area contributed by atoms with Gasteiger partial charge in [0.2, 0.25) is 0 Å². The lowest BCUT2D eigenvalue weighted by atomic mass is 10.3. The fraction of sp³-hybridized carbons (Fsp3) is 0.167. The van der Waals surface area contributed by atoms with Crippen molar-refractivity contribution in [2.75, 3.05) is 0 Å². The molecule has 0 bridgehead atoms. The largest absolute Gasteiger partial charge is 0.328 e. The summed E-state index contributed by atoms with van der Waals surface area (Å²) in [6.45, 7) is 0.298. The number of nitrogens with one attached hydrogen (secondary N) is 1. The van der Waals surface area contributed by atoms with Crippen LogP contribution in [0, 0.1) is 3.57 Å². The van der Waals surface area contributed by atoms with Crippen LogP contribution in [-0.4, -0.2) is 4.98 Å². The molecule has 0 aliphatic carbocycles. The molecular weight excluding hydrogens is 243 g/mol. The van der Waals surface area contributed by atoms with Gasteiger partial charge in [-0.1, -0.05) is 0 Å². The molecule has 1 heterocycles. The molecule has 0 saturated carbocycles. The molecule has 0 saturated heterocycles. The van der Waals surface area contributed by atoms with Gasteiger partial charge in [-0.05, 0) is 28.7 Å². The summed E-state index contributed by atoms with van der Waals surface area (Å²) in [5.41, 5.74) is 5.83. The summed E-state index contributed by atoms with van der Waals surface area (Å²) in [5.74, 6) is 0. The molecule has 1 rings (SSSR count). The smallest absolute Gasteiger partial charge is 0.252 e. The van der Waals surface area contributed by atoms with Crippen LogP contribution < -0.4 is 11.3 Å². The molecule has 0 aromatic carbocycles. The zero-order chi connectivity index (χ0) is 7.56. The predicted octanol–water partition coefficient (Wildman–Crippen LogP) is 0.438. The van der Waals surface area contributed by atoms with Crippen molar-refractivity contribution >= 4 is 22.6 Å². The van der Waals surface area contributed by atoms with Crippen molar-refractivity contribution in [3.63, 3.8) is 0 Å². The number of aromatic amines is 1. The van der Waals surface area contributed by atoms with Crippen LogP contribution in [0.1, 0.15) is 5.56 Å². The Hall–Kier alpha value is -0.360. The van der Waals surface area contributed by atoms with Crippen LogP contribution >= 0.6 is 22.6 Å². The van der Waals surface area contributed by atoms with Gasteiger partial charge in [-0.25, -0.2) is 0 Å². The number of halogens is 1. The first-order chi connectivity index (χ1) is 4.74. The van der Waals surface area contributed by atoms with E-state index in [1.807, 2.05) is 0 Å². The average Bonchev–Trinajstić information content (AvgIpc) is 1.94. The molecule has 0 amide bonds. The van der Waals surface area contributed by atoms with Gasteiger partial charge in [0.25, 0.3) is 5.56 Å². The third-order valence-electron chi connectivity index (χ3n) is 1.16. The van der Waals surface area contributed by atoms with E-state index >= 15 is 0 Å². The summed E-state index contributed by atoms with van der Waals surface area (Å²) in [5, 5.41) is 0. The van der Waals surface area contributed by atoms with Gasteiger partial charge >= 0.3 is 0 Å². The molecule has 54 valence electrons. The Labute approximate surface area is 71.8 Å². The van der Waals surface area contributed by atoms with E-state index in [0.29, 0.717) is 12.1 Å². The van der Waals surface area contributed by atoms with Gasteiger partial charge in [-0.3, -0.25) is 4.79 Å². The normalized spacial score (nSPS) is 9.80. The van der Waals surface area contributed by atoms with Gasteiger partial charge in [0.15, 0.2) is 0 Å². The quantitative estimate of drug-likeness (QED) is 0.710. The molecule has 3 N–H and O–H groups in total. The van der Waals surface area contributed by atoms with Gasteiger partial charge in [-0.15, -0.1) is 0 Å². The first-order valence-corrected chi connectivity index (χ1v) is 3.89. The van der Waals surface area contributed by atoms with Gasteiger partial charge in [0, 0.05) is 21.9 Å². The Balaban J connectivity index is 3.22. The Morgan fingerprint density at radius 1 is 1.70 bits per heavy atom. The second-order valence-electron chi connectivity index (χ2n) is 1.88. The average molecular weight is 250 g/mol. The standard InChI is InChI=1S/C6H7IN2O/c7-5-1-4(2-8)6(10)9-3-5/h1,3H,2,8H2,(H,9,10). The van der Waals surface area contributed by atoms with E-state index in [9.17, 15) is 4.79 Å². The molecule has 0 atom stereocenters. The second-order valence-corrected chi connectivity index (χ2v) is 3.12. The fourth-order valence-electron chi connectivity index (χ4n) is 0.652. The van der Waals surface area contributed by atoms with Crippen molar-refractivity contribution in [2.24, 2.45) is 5.73 Å². The Morgan fingerprint density at radius 3 is 2.90 bits per heavy atom. The molecular formula is C6H7IN2O. The predicted molar refractivity (Wildman–Crippen MR) is 47.7 cm³/mol. The Kier molecular flexibility index (Phi) is 2.44. The SMILES string of the molecule is NCc1cc(I)c[nH]c1=O. The highest BCUT2D eigenvalue weighted by atomic mass is 127. The number of pyridine rings is 1. The van der Waals surface area contributed by atoms with Crippen LogP contribution in [-0.2, 0) is 6.54 Å². The van der Waals surface area contributed by atoms with E-state index in [1.54, 1.807) is 12.3 Å². The third kappa shape index (κ3) is 1.57. The van der Waals surface area contributed by atoms with Gasteiger partial charge < -0.3 is 10.7 Å². The van der Waals surface area contributed by atoms with Crippen molar-refractivity contribution in [1.82, 2.24) is 4.98 Å². The number of nitrogens with two attached hydrogens (primary N) is 1. The van der Waals surface area contributed by atoms with Crippen molar-refractivity contribution in [3.8, 4) is 0 Å². The Bertz CT molecular complexity index is 281. The van der Waals surface area contributed by atoms with E-state index < -0.39 is 0 Å². The second kappa shape index (κ2) is 3.16. The van der Waals surface area contributed by atoms with Gasteiger partial charge in [-0.2, -0.15) is 0 Å². The number of hydrogen-bond donors (Lipinski definition) is 2. The molecule has 4 heteroatoms. The summed E-state index contributed by atoms with van der Waals surface area (Å²) in [4.78, 5) is 13.4. The molecule has 1 aromatic rings. The number of rotatable bonds is 1. The highest BCUT2D eigenvalue weighted by Gasteiger charge is 1.95. The van der Waals surface area contributed by atoms with E-state index in [0.717, 1.165) is 3.57 Å². The van der Waals surface area contributed by atoms with Crippen molar-refractivity contribution in [2.45, 2.75) is 6.54 Å². The lowest BCUT2D eigenvalue weighted by Crippen LogP contribution is -2.15. The summed E-state index contributed by atoms with van der Waals surface area (Å²) >= 11 is 2.12. The van der Waals surface area contributed by atoms with Crippen LogP contribution in [0.15, 0.2) is 17.1 Å². The van der Waals surface area contributed by atoms with Crippen molar-refractivity contribution < 1.29 is 0 Å². The molecule has 0 radical (unpaired) electrons. The van der Waals surface area contributed by atoms with Crippen LogP contribution in [0.5, 0.6) is 0 Å². The van der Waals surface area contributed by atoms with Crippen molar-refractivity contribution in [3.05, 3.63) is 31.8 Å². The minimum atomic E-state index is -0.0945. The minimum absolute atomic E-state index is 0.0945. The molecule has 0 spiro atoms. The zero-order valence-corrected chi connectivity index (χ0v) is 7.38. The summed E-state index contributed by atoms with van der Waals surface area (Å²) in [6, 6.07) is 1.78. The summed E-state index contributed by atoms with van der Waals surface area (Å²) in [7, 11) is 0. The first-order valence-electron chi connectivity index (χ1n) is 2.81.